The summed E-state index contributed by atoms with van der Waals surface area (Å²) in [4.78, 5) is 7.79. The van der Waals surface area contributed by atoms with E-state index in [0.29, 0.717) is 5.92 Å². The van der Waals surface area contributed by atoms with Crippen LogP contribution >= 0.6 is 0 Å². The van der Waals surface area contributed by atoms with Gasteiger partial charge in [-0.1, -0.05) is 45.0 Å². The SMILES string of the molecule is CCCNCc1ncc(-c2ccc(CC(C)C)cc2)[nH]1. The maximum Gasteiger partial charge on any atom is 0.120 e. The molecule has 0 radical (unpaired) electrons. The van der Waals surface area contributed by atoms with Gasteiger partial charge in [-0.15, -0.1) is 0 Å². The van der Waals surface area contributed by atoms with Gasteiger partial charge in [0.25, 0.3) is 0 Å². The van der Waals surface area contributed by atoms with Crippen molar-refractivity contribution in [3.8, 4) is 11.3 Å². The number of hydrogen-bond acceptors (Lipinski definition) is 2. The predicted octanol–water partition coefficient (Wildman–Crippen LogP) is 3.77. The van der Waals surface area contributed by atoms with Gasteiger partial charge >= 0.3 is 0 Å². The second-order valence-electron chi connectivity index (χ2n) is 5.72. The van der Waals surface area contributed by atoms with Gasteiger partial charge in [0.05, 0.1) is 18.4 Å². The Bertz CT molecular complexity index is 511. The standard InChI is InChI=1S/C17H25N3/c1-4-9-18-12-17-19-11-16(20-17)15-7-5-14(6-8-15)10-13(2)3/h5-8,11,13,18H,4,9-10,12H2,1-3H3,(H,19,20). The van der Waals surface area contributed by atoms with Crippen molar-refractivity contribution in [3.63, 3.8) is 0 Å². The molecular formula is C17H25N3. The van der Waals surface area contributed by atoms with Crippen LogP contribution in [0.1, 0.15) is 38.6 Å². The molecule has 108 valence electrons. The molecule has 0 aliphatic carbocycles. The van der Waals surface area contributed by atoms with Crippen molar-refractivity contribution in [1.82, 2.24) is 15.3 Å². The largest absolute Gasteiger partial charge is 0.341 e. The summed E-state index contributed by atoms with van der Waals surface area (Å²) < 4.78 is 0. The maximum atomic E-state index is 4.42. The minimum atomic E-state index is 0.698. The molecule has 2 aromatic rings. The molecule has 0 aliphatic rings. The third-order valence-corrected chi connectivity index (χ3v) is 3.26. The van der Waals surface area contributed by atoms with Crippen molar-refractivity contribution < 1.29 is 0 Å². The van der Waals surface area contributed by atoms with Crippen molar-refractivity contribution in [1.29, 1.82) is 0 Å². The smallest absolute Gasteiger partial charge is 0.120 e. The van der Waals surface area contributed by atoms with Gasteiger partial charge in [0, 0.05) is 0 Å². The highest BCUT2D eigenvalue weighted by Gasteiger charge is 2.04. The van der Waals surface area contributed by atoms with E-state index in [0.717, 1.165) is 37.4 Å². The molecule has 0 bridgehead atoms. The normalized spacial score (nSPS) is 11.2. The lowest BCUT2D eigenvalue weighted by Crippen LogP contribution is -2.14. The van der Waals surface area contributed by atoms with Gasteiger partial charge in [-0.2, -0.15) is 0 Å². The van der Waals surface area contributed by atoms with Crippen LogP contribution in [0.2, 0.25) is 0 Å². The van der Waals surface area contributed by atoms with Gasteiger partial charge in [-0.25, -0.2) is 4.98 Å². The topological polar surface area (TPSA) is 40.7 Å². The average Bonchev–Trinajstić information content (AvgIpc) is 2.88. The summed E-state index contributed by atoms with van der Waals surface area (Å²) in [5, 5.41) is 3.35. The zero-order valence-electron chi connectivity index (χ0n) is 12.7. The molecule has 1 heterocycles. The molecule has 0 spiro atoms. The second-order valence-corrected chi connectivity index (χ2v) is 5.72. The monoisotopic (exact) mass is 271 g/mol. The molecule has 3 nitrogen and oxygen atoms in total. The number of nitrogens with one attached hydrogen (secondary N) is 2. The Morgan fingerprint density at radius 3 is 2.60 bits per heavy atom. The number of rotatable bonds is 7. The van der Waals surface area contributed by atoms with Crippen molar-refractivity contribution in [3.05, 3.63) is 41.9 Å². The molecule has 0 unspecified atom stereocenters. The summed E-state index contributed by atoms with van der Waals surface area (Å²) in [6, 6.07) is 8.78. The van der Waals surface area contributed by atoms with Gasteiger partial charge in [0.15, 0.2) is 0 Å². The van der Waals surface area contributed by atoms with E-state index in [1.165, 1.54) is 11.1 Å². The highest BCUT2D eigenvalue weighted by molar-refractivity contribution is 5.58. The molecular weight excluding hydrogens is 246 g/mol. The lowest BCUT2D eigenvalue weighted by molar-refractivity contribution is 0.647. The first-order valence-electron chi connectivity index (χ1n) is 7.53. The van der Waals surface area contributed by atoms with E-state index in [1.54, 1.807) is 0 Å². The molecule has 0 amide bonds. The zero-order valence-corrected chi connectivity index (χ0v) is 12.7. The number of hydrogen-bond donors (Lipinski definition) is 2. The van der Waals surface area contributed by atoms with Gasteiger partial charge in [-0.3, -0.25) is 0 Å². The summed E-state index contributed by atoms with van der Waals surface area (Å²) in [7, 11) is 0. The summed E-state index contributed by atoms with van der Waals surface area (Å²) in [6.07, 6.45) is 4.20. The second kappa shape index (κ2) is 7.25. The van der Waals surface area contributed by atoms with Crippen molar-refractivity contribution >= 4 is 0 Å². The molecule has 0 atom stereocenters. The number of nitrogens with zero attached hydrogens (tertiary/aromatic N) is 1. The first kappa shape index (κ1) is 14.8. The minimum absolute atomic E-state index is 0.698. The molecule has 1 aromatic heterocycles. The Morgan fingerprint density at radius 1 is 1.20 bits per heavy atom. The molecule has 0 aliphatic heterocycles. The summed E-state index contributed by atoms with van der Waals surface area (Å²) in [5.74, 6) is 1.70. The van der Waals surface area contributed by atoms with Crippen LogP contribution in [-0.2, 0) is 13.0 Å². The zero-order chi connectivity index (χ0) is 14.4. The van der Waals surface area contributed by atoms with E-state index in [2.05, 4.69) is 60.3 Å². The van der Waals surface area contributed by atoms with Crippen LogP contribution in [0.15, 0.2) is 30.5 Å². The fraction of sp³-hybridized carbons (Fsp3) is 0.471. The lowest BCUT2D eigenvalue weighted by Gasteiger charge is -2.05. The highest BCUT2D eigenvalue weighted by Crippen LogP contribution is 2.19. The van der Waals surface area contributed by atoms with Crippen molar-refractivity contribution in [2.45, 2.75) is 40.2 Å². The van der Waals surface area contributed by atoms with Gasteiger partial charge < -0.3 is 10.3 Å². The summed E-state index contributed by atoms with van der Waals surface area (Å²) in [6.45, 7) is 8.50. The molecule has 0 saturated heterocycles. The lowest BCUT2D eigenvalue weighted by atomic mass is 10.0. The third-order valence-electron chi connectivity index (χ3n) is 3.26. The van der Waals surface area contributed by atoms with E-state index in [4.69, 9.17) is 0 Å². The Hall–Kier alpha value is -1.61. The van der Waals surface area contributed by atoms with Crippen molar-refractivity contribution in [2.75, 3.05) is 6.54 Å². The number of benzene rings is 1. The van der Waals surface area contributed by atoms with Crippen LogP contribution in [0.4, 0.5) is 0 Å². The van der Waals surface area contributed by atoms with Crippen LogP contribution in [-0.4, -0.2) is 16.5 Å². The molecule has 3 heteroatoms. The first-order chi connectivity index (χ1) is 9.69. The Kier molecular flexibility index (Phi) is 5.36. The first-order valence-corrected chi connectivity index (χ1v) is 7.53. The number of imidazole rings is 1. The number of aromatic amines is 1. The molecule has 2 rings (SSSR count). The van der Waals surface area contributed by atoms with Crippen LogP contribution in [0.25, 0.3) is 11.3 Å². The van der Waals surface area contributed by atoms with E-state index in [-0.39, 0.29) is 0 Å². The van der Waals surface area contributed by atoms with Gasteiger partial charge in [0.2, 0.25) is 0 Å². The highest BCUT2D eigenvalue weighted by atomic mass is 15.0. The maximum absolute atomic E-state index is 4.42. The average molecular weight is 271 g/mol. The number of H-pyrrole nitrogens is 1. The fourth-order valence-electron chi connectivity index (χ4n) is 2.27. The predicted molar refractivity (Wildman–Crippen MR) is 84.6 cm³/mol. The molecule has 20 heavy (non-hydrogen) atoms. The molecule has 2 N–H and O–H groups in total. The van der Waals surface area contributed by atoms with Crippen LogP contribution in [0, 0.1) is 5.92 Å². The molecule has 0 saturated carbocycles. The third kappa shape index (κ3) is 4.20. The quantitative estimate of drug-likeness (QED) is 0.752. The minimum Gasteiger partial charge on any atom is -0.341 e. The van der Waals surface area contributed by atoms with Gasteiger partial charge in [0.1, 0.15) is 5.82 Å². The summed E-state index contributed by atoms with van der Waals surface area (Å²) in [5.41, 5.74) is 3.69. The summed E-state index contributed by atoms with van der Waals surface area (Å²) >= 11 is 0. The molecule has 1 aromatic carbocycles. The number of aromatic nitrogens is 2. The van der Waals surface area contributed by atoms with Crippen LogP contribution < -0.4 is 5.32 Å². The van der Waals surface area contributed by atoms with Crippen LogP contribution in [0.5, 0.6) is 0 Å². The Labute approximate surface area is 121 Å². The Balaban J connectivity index is 2.00. The van der Waals surface area contributed by atoms with E-state index in [9.17, 15) is 0 Å². The Morgan fingerprint density at radius 2 is 1.95 bits per heavy atom. The van der Waals surface area contributed by atoms with Crippen LogP contribution in [0.3, 0.4) is 0 Å². The van der Waals surface area contributed by atoms with Gasteiger partial charge in [-0.05, 0) is 36.4 Å². The van der Waals surface area contributed by atoms with E-state index < -0.39 is 0 Å². The fourth-order valence-corrected chi connectivity index (χ4v) is 2.27. The van der Waals surface area contributed by atoms with Crippen molar-refractivity contribution in [2.24, 2.45) is 5.92 Å². The molecule has 0 fully saturated rings. The van der Waals surface area contributed by atoms with E-state index in [1.807, 2.05) is 6.20 Å². The van der Waals surface area contributed by atoms with E-state index >= 15 is 0 Å².